The Bertz CT molecular complexity index is 813. The smallest absolute Gasteiger partial charge is 0.265 e. The van der Waals surface area contributed by atoms with E-state index in [4.69, 9.17) is 4.74 Å². The van der Waals surface area contributed by atoms with E-state index in [0.717, 1.165) is 20.9 Å². The molecule has 0 atom stereocenters. The van der Waals surface area contributed by atoms with Crippen molar-refractivity contribution in [1.82, 2.24) is 0 Å². The summed E-state index contributed by atoms with van der Waals surface area (Å²) in [6.45, 7) is 0. The van der Waals surface area contributed by atoms with Crippen molar-refractivity contribution in [3.8, 4) is 5.75 Å². The highest BCUT2D eigenvalue weighted by molar-refractivity contribution is 9.10. The van der Waals surface area contributed by atoms with E-state index in [1.165, 1.54) is 11.3 Å². The summed E-state index contributed by atoms with van der Waals surface area (Å²) in [5.41, 5.74) is 0.780. The standard InChI is InChI=1S/C16H12BrNO2S/c1-20-14-8-15(21-9-14)16(19)18-13-5-3-10-6-12(17)4-2-11(10)7-13/h2-9H,1H3,(H,18,19). The SMILES string of the molecule is COc1csc(C(=O)Nc2ccc3cc(Br)ccc3c2)c1. The second-order valence-electron chi connectivity index (χ2n) is 4.51. The van der Waals surface area contributed by atoms with Gasteiger partial charge in [-0.15, -0.1) is 11.3 Å². The van der Waals surface area contributed by atoms with Crippen LogP contribution in [0.3, 0.4) is 0 Å². The maximum Gasteiger partial charge on any atom is 0.265 e. The molecule has 0 aliphatic heterocycles. The molecule has 3 aromatic rings. The molecule has 0 spiro atoms. The largest absolute Gasteiger partial charge is 0.496 e. The van der Waals surface area contributed by atoms with Crippen molar-refractivity contribution >= 4 is 49.6 Å². The summed E-state index contributed by atoms with van der Waals surface area (Å²) in [6.07, 6.45) is 0. The topological polar surface area (TPSA) is 38.3 Å². The molecule has 106 valence electrons. The minimum absolute atomic E-state index is 0.125. The first-order chi connectivity index (χ1) is 10.2. The highest BCUT2D eigenvalue weighted by Crippen LogP contribution is 2.25. The number of rotatable bonds is 3. The van der Waals surface area contributed by atoms with Gasteiger partial charge in [-0.1, -0.05) is 28.1 Å². The second kappa shape index (κ2) is 5.87. The van der Waals surface area contributed by atoms with Crippen molar-refractivity contribution in [2.45, 2.75) is 0 Å². The minimum atomic E-state index is -0.125. The van der Waals surface area contributed by atoms with Gasteiger partial charge in [0.05, 0.1) is 12.0 Å². The molecule has 0 fully saturated rings. The van der Waals surface area contributed by atoms with Crippen LogP contribution in [0.2, 0.25) is 0 Å². The zero-order valence-electron chi connectivity index (χ0n) is 11.2. The van der Waals surface area contributed by atoms with Gasteiger partial charge in [0.25, 0.3) is 5.91 Å². The molecule has 0 saturated carbocycles. The van der Waals surface area contributed by atoms with E-state index >= 15 is 0 Å². The normalized spacial score (nSPS) is 10.6. The first-order valence-electron chi connectivity index (χ1n) is 6.29. The highest BCUT2D eigenvalue weighted by Gasteiger charge is 2.10. The lowest BCUT2D eigenvalue weighted by Crippen LogP contribution is -2.09. The number of fused-ring (bicyclic) bond motifs is 1. The Morgan fingerprint density at radius 2 is 1.90 bits per heavy atom. The minimum Gasteiger partial charge on any atom is -0.496 e. The van der Waals surface area contributed by atoms with Gasteiger partial charge in [0.1, 0.15) is 5.75 Å². The number of hydrogen-bond acceptors (Lipinski definition) is 3. The summed E-state index contributed by atoms with van der Waals surface area (Å²) in [5, 5.41) is 6.93. The van der Waals surface area contributed by atoms with Crippen LogP contribution in [0.5, 0.6) is 5.75 Å². The fraction of sp³-hybridized carbons (Fsp3) is 0.0625. The Morgan fingerprint density at radius 1 is 1.14 bits per heavy atom. The summed E-state index contributed by atoms with van der Waals surface area (Å²) >= 11 is 4.81. The predicted molar refractivity (Wildman–Crippen MR) is 90.5 cm³/mol. The molecular formula is C16H12BrNO2S. The average Bonchev–Trinajstić information content (AvgIpc) is 2.96. The van der Waals surface area contributed by atoms with Crippen LogP contribution in [-0.2, 0) is 0 Å². The van der Waals surface area contributed by atoms with Crippen molar-refractivity contribution in [1.29, 1.82) is 0 Å². The van der Waals surface area contributed by atoms with Crippen LogP contribution >= 0.6 is 27.3 Å². The van der Waals surface area contributed by atoms with E-state index in [-0.39, 0.29) is 5.91 Å². The number of thiophene rings is 1. The van der Waals surface area contributed by atoms with Crippen LogP contribution in [0, 0.1) is 0 Å². The lowest BCUT2D eigenvalue weighted by atomic mass is 10.1. The van der Waals surface area contributed by atoms with Crippen molar-refractivity contribution < 1.29 is 9.53 Å². The van der Waals surface area contributed by atoms with Crippen LogP contribution in [0.25, 0.3) is 10.8 Å². The van der Waals surface area contributed by atoms with Crippen LogP contribution in [0.15, 0.2) is 52.3 Å². The monoisotopic (exact) mass is 361 g/mol. The Morgan fingerprint density at radius 3 is 2.67 bits per heavy atom. The number of methoxy groups -OCH3 is 1. The number of ether oxygens (including phenoxy) is 1. The molecule has 0 aliphatic rings. The summed E-state index contributed by atoms with van der Waals surface area (Å²) in [4.78, 5) is 12.8. The molecule has 1 amide bonds. The van der Waals surface area contributed by atoms with Crippen LogP contribution in [0.1, 0.15) is 9.67 Å². The van der Waals surface area contributed by atoms with E-state index in [1.807, 2.05) is 41.8 Å². The van der Waals surface area contributed by atoms with Crippen LogP contribution in [0.4, 0.5) is 5.69 Å². The quantitative estimate of drug-likeness (QED) is 0.718. The van der Waals surface area contributed by atoms with Crippen molar-refractivity contribution in [2.75, 3.05) is 12.4 Å². The van der Waals surface area contributed by atoms with Gasteiger partial charge in [0.2, 0.25) is 0 Å². The summed E-state index contributed by atoms with van der Waals surface area (Å²) in [7, 11) is 1.59. The van der Waals surface area contributed by atoms with Gasteiger partial charge >= 0.3 is 0 Å². The van der Waals surface area contributed by atoms with E-state index in [0.29, 0.717) is 10.6 Å². The number of carbonyl (C=O) groups excluding carboxylic acids is 1. The molecule has 3 nitrogen and oxygen atoms in total. The Labute approximate surface area is 134 Å². The summed E-state index contributed by atoms with van der Waals surface area (Å²) in [6, 6.07) is 13.6. The maximum absolute atomic E-state index is 12.2. The number of hydrogen-bond donors (Lipinski definition) is 1. The molecule has 2 aromatic carbocycles. The number of carbonyl (C=O) groups is 1. The first-order valence-corrected chi connectivity index (χ1v) is 7.96. The summed E-state index contributed by atoms with van der Waals surface area (Å²) in [5.74, 6) is 0.577. The van der Waals surface area contributed by atoms with E-state index < -0.39 is 0 Å². The van der Waals surface area contributed by atoms with E-state index in [9.17, 15) is 4.79 Å². The number of anilines is 1. The van der Waals surface area contributed by atoms with E-state index in [2.05, 4.69) is 21.2 Å². The number of nitrogens with one attached hydrogen (secondary N) is 1. The highest BCUT2D eigenvalue weighted by atomic mass is 79.9. The molecule has 0 unspecified atom stereocenters. The van der Waals surface area contributed by atoms with Gasteiger partial charge in [-0.05, 0) is 35.0 Å². The molecule has 21 heavy (non-hydrogen) atoms. The van der Waals surface area contributed by atoms with Gasteiger partial charge in [-0.2, -0.15) is 0 Å². The van der Waals surface area contributed by atoms with Crippen molar-refractivity contribution in [2.24, 2.45) is 0 Å². The third kappa shape index (κ3) is 3.09. The van der Waals surface area contributed by atoms with Gasteiger partial charge in [-0.3, -0.25) is 4.79 Å². The van der Waals surface area contributed by atoms with Crippen molar-refractivity contribution in [3.05, 3.63) is 57.2 Å². The maximum atomic E-state index is 12.2. The Balaban J connectivity index is 1.84. The van der Waals surface area contributed by atoms with Gasteiger partial charge in [0, 0.05) is 21.6 Å². The van der Waals surface area contributed by atoms with Crippen molar-refractivity contribution in [3.63, 3.8) is 0 Å². The Hall–Kier alpha value is -1.85. The third-order valence-electron chi connectivity index (χ3n) is 3.10. The number of halogens is 1. The Kier molecular flexibility index (Phi) is 3.94. The zero-order chi connectivity index (χ0) is 14.8. The fourth-order valence-corrected chi connectivity index (χ4v) is 3.16. The lowest BCUT2D eigenvalue weighted by Gasteiger charge is -2.05. The molecule has 0 saturated heterocycles. The lowest BCUT2D eigenvalue weighted by molar-refractivity contribution is 0.103. The molecule has 3 rings (SSSR count). The number of benzene rings is 2. The number of amides is 1. The first kappa shape index (κ1) is 14.1. The predicted octanol–water partition coefficient (Wildman–Crippen LogP) is 4.92. The zero-order valence-corrected chi connectivity index (χ0v) is 13.6. The molecule has 5 heteroatoms. The third-order valence-corrected chi connectivity index (χ3v) is 4.50. The van der Waals surface area contributed by atoms with Crippen LogP contribution in [-0.4, -0.2) is 13.0 Å². The molecule has 1 heterocycles. The van der Waals surface area contributed by atoms with Crippen LogP contribution < -0.4 is 10.1 Å². The van der Waals surface area contributed by atoms with E-state index in [1.54, 1.807) is 13.2 Å². The molecule has 0 bridgehead atoms. The molecular weight excluding hydrogens is 350 g/mol. The average molecular weight is 362 g/mol. The molecule has 0 aliphatic carbocycles. The molecule has 0 radical (unpaired) electrons. The van der Waals surface area contributed by atoms with Gasteiger partial charge in [0.15, 0.2) is 0 Å². The summed E-state index contributed by atoms with van der Waals surface area (Å²) < 4.78 is 6.13. The van der Waals surface area contributed by atoms with Gasteiger partial charge in [-0.25, -0.2) is 0 Å². The van der Waals surface area contributed by atoms with Gasteiger partial charge < -0.3 is 10.1 Å². The fourth-order valence-electron chi connectivity index (χ4n) is 2.03. The molecule has 1 N–H and O–H groups in total. The molecule has 1 aromatic heterocycles. The second-order valence-corrected chi connectivity index (χ2v) is 6.34.